The highest BCUT2D eigenvalue weighted by Crippen LogP contribution is 2.14. The van der Waals surface area contributed by atoms with Crippen LogP contribution in [0.5, 0.6) is 11.5 Å². The Kier molecular flexibility index (Phi) is 6.03. The highest BCUT2D eigenvalue weighted by atomic mass is 16.5. The molecule has 122 valence electrons. The Morgan fingerprint density at radius 1 is 1.13 bits per heavy atom. The van der Waals surface area contributed by atoms with Gasteiger partial charge in [-0.05, 0) is 55.3 Å². The van der Waals surface area contributed by atoms with E-state index in [2.05, 4.69) is 5.32 Å². The van der Waals surface area contributed by atoms with Crippen molar-refractivity contribution in [1.82, 2.24) is 5.32 Å². The number of rotatable bonds is 7. The number of carbonyl (C=O) groups is 1. The monoisotopic (exact) mass is 313 g/mol. The van der Waals surface area contributed by atoms with E-state index in [4.69, 9.17) is 9.47 Å². The molecule has 4 nitrogen and oxygen atoms in total. The molecule has 0 aliphatic rings. The second-order valence-corrected chi connectivity index (χ2v) is 5.43. The fourth-order valence-electron chi connectivity index (χ4n) is 2.17. The van der Waals surface area contributed by atoms with Gasteiger partial charge in [0.25, 0.3) is 5.91 Å². The lowest BCUT2D eigenvalue weighted by atomic mass is 10.1. The fraction of sp³-hybridized carbons (Fsp3) is 0.316. The van der Waals surface area contributed by atoms with Crippen molar-refractivity contribution < 1.29 is 14.3 Å². The first-order chi connectivity index (χ1) is 11.1. The maximum Gasteiger partial charge on any atom is 0.251 e. The van der Waals surface area contributed by atoms with Gasteiger partial charge in [-0.25, -0.2) is 0 Å². The van der Waals surface area contributed by atoms with Gasteiger partial charge in [0.1, 0.15) is 18.1 Å². The van der Waals surface area contributed by atoms with Crippen molar-refractivity contribution in [3.8, 4) is 11.5 Å². The molecule has 0 aromatic heterocycles. The van der Waals surface area contributed by atoms with Gasteiger partial charge in [-0.3, -0.25) is 4.79 Å². The van der Waals surface area contributed by atoms with Crippen molar-refractivity contribution in [3.05, 3.63) is 59.7 Å². The quantitative estimate of drug-likeness (QED) is 0.850. The summed E-state index contributed by atoms with van der Waals surface area (Å²) in [4.78, 5) is 12.3. The molecule has 1 atom stereocenters. The van der Waals surface area contributed by atoms with E-state index in [1.54, 1.807) is 31.4 Å². The Morgan fingerprint density at radius 2 is 1.87 bits per heavy atom. The van der Waals surface area contributed by atoms with Crippen LogP contribution in [0.3, 0.4) is 0 Å². The highest BCUT2D eigenvalue weighted by Gasteiger charge is 2.13. The van der Waals surface area contributed by atoms with Crippen LogP contribution in [0, 0.1) is 6.92 Å². The molecular weight excluding hydrogens is 290 g/mol. The number of benzene rings is 2. The van der Waals surface area contributed by atoms with Gasteiger partial charge < -0.3 is 14.8 Å². The minimum absolute atomic E-state index is 0.0369. The van der Waals surface area contributed by atoms with Gasteiger partial charge in [0, 0.05) is 5.56 Å². The smallest absolute Gasteiger partial charge is 0.251 e. The second-order valence-electron chi connectivity index (χ2n) is 5.43. The molecule has 1 amide bonds. The van der Waals surface area contributed by atoms with E-state index >= 15 is 0 Å². The SMILES string of the molecule is CCC(COc1cccc(C)c1)NC(=O)c1ccc(OC)cc1. The first-order valence-electron chi connectivity index (χ1n) is 7.76. The normalized spacial score (nSPS) is 11.6. The van der Waals surface area contributed by atoms with Crippen molar-refractivity contribution in [1.29, 1.82) is 0 Å². The zero-order chi connectivity index (χ0) is 16.7. The van der Waals surface area contributed by atoms with Crippen LogP contribution in [0.15, 0.2) is 48.5 Å². The van der Waals surface area contributed by atoms with Crippen LogP contribution < -0.4 is 14.8 Å². The average molecular weight is 313 g/mol. The molecule has 0 fully saturated rings. The minimum atomic E-state index is -0.104. The van der Waals surface area contributed by atoms with Gasteiger partial charge in [-0.2, -0.15) is 0 Å². The van der Waals surface area contributed by atoms with E-state index < -0.39 is 0 Å². The third-order valence-corrected chi connectivity index (χ3v) is 3.62. The summed E-state index contributed by atoms with van der Waals surface area (Å²) in [6.07, 6.45) is 0.799. The number of hydrogen-bond acceptors (Lipinski definition) is 3. The van der Waals surface area contributed by atoms with Gasteiger partial charge in [0.2, 0.25) is 0 Å². The van der Waals surface area contributed by atoms with Crippen molar-refractivity contribution in [2.75, 3.05) is 13.7 Å². The van der Waals surface area contributed by atoms with Crippen LogP contribution in [0.25, 0.3) is 0 Å². The summed E-state index contributed by atoms with van der Waals surface area (Å²) in [5, 5.41) is 3.00. The molecular formula is C19H23NO3. The number of methoxy groups -OCH3 is 1. The molecule has 1 unspecified atom stereocenters. The van der Waals surface area contributed by atoms with Gasteiger partial charge in [-0.1, -0.05) is 19.1 Å². The summed E-state index contributed by atoms with van der Waals surface area (Å²) in [6.45, 7) is 4.50. The summed E-state index contributed by atoms with van der Waals surface area (Å²) in [7, 11) is 1.60. The van der Waals surface area contributed by atoms with Crippen molar-refractivity contribution in [3.63, 3.8) is 0 Å². The number of ether oxygens (including phenoxy) is 2. The molecule has 2 rings (SSSR count). The molecule has 0 heterocycles. The number of carbonyl (C=O) groups excluding carboxylic acids is 1. The molecule has 0 saturated carbocycles. The molecule has 0 radical (unpaired) electrons. The third kappa shape index (κ3) is 5.02. The largest absolute Gasteiger partial charge is 0.497 e. The lowest BCUT2D eigenvalue weighted by molar-refractivity contribution is 0.0920. The molecule has 2 aromatic carbocycles. The van der Waals surface area contributed by atoms with E-state index in [0.717, 1.165) is 23.5 Å². The number of aryl methyl sites for hydroxylation is 1. The zero-order valence-corrected chi connectivity index (χ0v) is 13.8. The maximum absolute atomic E-state index is 12.3. The molecule has 0 aliphatic heterocycles. The standard InChI is InChI=1S/C19H23NO3/c1-4-16(13-23-18-7-5-6-14(2)12-18)20-19(21)15-8-10-17(22-3)11-9-15/h5-12,16H,4,13H2,1-3H3,(H,20,21). The van der Waals surface area contributed by atoms with E-state index in [1.807, 2.05) is 38.1 Å². The lowest BCUT2D eigenvalue weighted by Crippen LogP contribution is -2.38. The Bertz CT molecular complexity index is 637. The molecule has 0 bridgehead atoms. The van der Waals surface area contributed by atoms with Gasteiger partial charge in [0.05, 0.1) is 13.2 Å². The molecule has 0 aliphatic carbocycles. The molecule has 2 aromatic rings. The predicted octanol–water partition coefficient (Wildman–Crippen LogP) is 3.59. The number of amides is 1. The minimum Gasteiger partial charge on any atom is -0.497 e. The third-order valence-electron chi connectivity index (χ3n) is 3.62. The van der Waals surface area contributed by atoms with Crippen LogP contribution in [-0.2, 0) is 0 Å². The van der Waals surface area contributed by atoms with Crippen molar-refractivity contribution in [2.45, 2.75) is 26.3 Å². The molecule has 0 saturated heterocycles. The molecule has 23 heavy (non-hydrogen) atoms. The second kappa shape index (κ2) is 8.22. The number of hydrogen-bond donors (Lipinski definition) is 1. The molecule has 0 spiro atoms. The number of nitrogens with one attached hydrogen (secondary N) is 1. The van der Waals surface area contributed by atoms with Gasteiger partial charge in [-0.15, -0.1) is 0 Å². The van der Waals surface area contributed by atoms with E-state index in [1.165, 1.54) is 0 Å². The van der Waals surface area contributed by atoms with Crippen LogP contribution in [0.1, 0.15) is 29.3 Å². The highest BCUT2D eigenvalue weighted by molar-refractivity contribution is 5.94. The lowest BCUT2D eigenvalue weighted by Gasteiger charge is -2.18. The summed E-state index contributed by atoms with van der Waals surface area (Å²) in [5.74, 6) is 1.45. The van der Waals surface area contributed by atoms with Gasteiger partial charge >= 0.3 is 0 Å². The van der Waals surface area contributed by atoms with Crippen molar-refractivity contribution >= 4 is 5.91 Å². The summed E-state index contributed by atoms with van der Waals surface area (Å²) in [6, 6.07) is 14.9. The van der Waals surface area contributed by atoms with Crippen LogP contribution in [0.4, 0.5) is 0 Å². The fourth-order valence-corrected chi connectivity index (χ4v) is 2.17. The Labute approximate surface area is 137 Å². The summed E-state index contributed by atoms with van der Waals surface area (Å²) >= 11 is 0. The van der Waals surface area contributed by atoms with Crippen LogP contribution in [-0.4, -0.2) is 25.7 Å². The van der Waals surface area contributed by atoms with E-state index in [0.29, 0.717) is 12.2 Å². The molecule has 4 heteroatoms. The maximum atomic E-state index is 12.3. The topological polar surface area (TPSA) is 47.6 Å². The zero-order valence-electron chi connectivity index (χ0n) is 13.8. The Hall–Kier alpha value is -2.49. The Balaban J connectivity index is 1.91. The first kappa shape index (κ1) is 16.9. The predicted molar refractivity (Wildman–Crippen MR) is 91.2 cm³/mol. The summed E-state index contributed by atoms with van der Waals surface area (Å²) in [5.41, 5.74) is 1.76. The van der Waals surface area contributed by atoms with E-state index in [9.17, 15) is 4.79 Å². The first-order valence-corrected chi connectivity index (χ1v) is 7.76. The average Bonchev–Trinajstić information content (AvgIpc) is 2.58. The Morgan fingerprint density at radius 3 is 2.48 bits per heavy atom. The van der Waals surface area contributed by atoms with E-state index in [-0.39, 0.29) is 11.9 Å². The molecule has 1 N–H and O–H groups in total. The van der Waals surface area contributed by atoms with Crippen molar-refractivity contribution in [2.24, 2.45) is 0 Å². The van der Waals surface area contributed by atoms with Gasteiger partial charge in [0.15, 0.2) is 0 Å². The summed E-state index contributed by atoms with van der Waals surface area (Å²) < 4.78 is 10.9. The van der Waals surface area contributed by atoms with Crippen LogP contribution >= 0.6 is 0 Å². The van der Waals surface area contributed by atoms with Crippen LogP contribution in [0.2, 0.25) is 0 Å².